The molecule has 0 spiro atoms. The van der Waals surface area contributed by atoms with Crippen LogP contribution in [0.3, 0.4) is 0 Å². The van der Waals surface area contributed by atoms with Crippen LogP contribution in [0, 0.1) is 6.92 Å². The third kappa shape index (κ3) is 3.77. The van der Waals surface area contributed by atoms with Crippen LogP contribution in [0.5, 0.6) is 0 Å². The summed E-state index contributed by atoms with van der Waals surface area (Å²) in [5.74, 6) is 0. The third-order valence-electron chi connectivity index (χ3n) is 3.61. The fraction of sp³-hybridized carbons (Fsp3) is 0.333. The quantitative estimate of drug-likeness (QED) is 0.567. The van der Waals surface area contributed by atoms with E-state index in [4.69, 9.17) is 23.2 Å². The highest BCUT2D eigenvalue weighted by Crippen LogP contribution is 2.32. The van der Waals surface area contributed by atoms with Gasteiger partial charge in [-0.15, -0.1) is 11.6 Å². The molecule has 2 rings (SSSR count). The van der Waals surface area contributed by atoms with Crippen LogP contribution in [0.1, 0.15) is 47.4 Å². The van der Waals surface area contributed by atoms with Crippen LogP contribution in [0.2, 0.25) is 5.02 Å². The summed E-state index contributed by atoms with van der Waals surface area (Å²) >= 11 is 12.7. The molecule has 0 N–H and O–H groups in total. The predicted molar refractivity (Wildman–Crippen MR) is 88.9 cm³/mol. The molecule has 0 radical (unpaired) electrons. The van der Waals surface area contributed by atoms with Gasteiger partial charge in [0.25, 0.3) is 0 Å². The Kier molecular flexibility index (Phi) is 5.51. The van der Waals surface area contributed by atoms with Crippen molar-refractivity contribution < 1.29 is 0 Å². The molecule has 20 heavy (non-hydrogen) atoms. The Morgan fingerprint density at radius 3 is 2.40 bits per heavy atom. The molecule has 2 aromatic rings. The van der Waals surface area contributed by atoms with E-state index in [1.807, 2.05) is 18.2 Å². The standard InChI is InChI=1S/C18H20Cl2/c1-3-4-5-14-7-9-15(10-8-14)18(20)17-12-16(19)11-6-13(17)2/h6-12,18H,3-5H2,1-2H3. The van der Waals surface area contributed by atoms with E-state index in [1.165, 1.54) is 24.0 Å². The molecule has 0 bridgehead atoms. The molecule has 0 saturated carbocycles. The SMILES string of the molecule is CCCCc1ccc(C(Cl)c2cc(Cl)ccc2C)cc1. The summed E-state index contributed by atoms with van der Waals surface area (Å²) in [4.78, 5) is 0. The first-order valence-electron chi connectivity index (χ1n) is 7.10. The van der Waals surface area contributed by atoms with Crippen molar-refractivity contribution in [2.75, 3.05) is 0 Å². The van der Waals surface area contributed by atoms with Gasteiger partial charge in [0.2, 0.25) is 0 Å². The van der Waals surface area contributed by atoms with Crippen LogP contribution >= 0.6 is 23.2 Å². The minimum Gasteiger partial charge on any atom is -0.113 e. The Morgan fingerprint density at radius 2 is 1.75 bits per heavy atom. The van der Waals surface area contributed by atoms with Crippen molar-refractivity contribution in [2.24, 2.45) is 0 Å². The summed E-state index contributed by atoms with van der Waals surface area (Å²) in [6.07, 6.45) is 3.60. The highest BCUT2D eigenvalue weighted by Gasteiger charge is 2.13. The molecule has 2 heteroatoms. The average molecular weight is 307 g/mol. The van der Waals surface area contributed by atoms with Crippen LogP contribution < -0.4 is 0 Å². The number of benzene rings is 2. The maximum atomic E-state index is 6.61. The average Bonchev–Trinajstić information content (AvgIpc) is 2.47. The molecule has 0 aromatic heterocycles. The number of hydrogen-bond donors (Lipinski definition) is 0. The van der Waals surface area contributed by atoms with Gasteiger partial charge in [0.05, 0.1) is 5.38 Å². The van der Waals surface area contributed by atoms with Crippen LogP contribution in [-0.2, 0) is 6.42 Å². The van der Waals surface area contributed by atoms with Gasteiger partial charge in [-0.05, 0) is 54.2 Å². The number of aryl methyl sites for hydroxylation is 2. The lowest BCUT2D eigenvalue weighted by atomic mass is 9.98. The van der Waals surface area contributed by atoms with Gasteiger partial charge in [-0.25, -0.2) is 0 Å². The lowest BCUT2D eigenvalue weighted by Crippen LogP contribution is -1.97. The van der Waals surface area contributed by atoms with Gasteiger partial charge in [0.1, 0.15) is 0 Å². The Morgan fingerprint density at radius 1 is 1.05 bits per heavy atom. The molecule has 0 fully saturated rings. The van der Waals surface area contributed by atoms with Gasteiger partial charge in [-0.2, -0.15) is 0 Å². The molecule has 106 valence electrons. The largest absolute Gasteiger partial charge is 0.113 e. The van der Waals surface area contributed by atoms with Gasteiger partial charge in [0.15, 0.2) is 0 Å². The maximum absolute atomic E-state index is 6.61. The molecule has 0 aliphatic rings. The van der Waals surface area contributed by atoms with Crippen molar-refractivity contribution in [3.63, 3.8) is 0 Å². The van der Waals surface area contributed by atoms with E-state index in [2.05, 4.69) is 38.1 Å². The molecule has 1 atom stereocenters. The van der Waals surface area contributed by atoms with Crippen molar-refractivity contribution >= 4 is 23.2 Å². The maximum Gasteiger partial charge on any atom is 0.0838 e. The Hall–Kier alpha value is -0.980. The first kappa shape index (κ1) is 15.4. The van der Waals surface area contributed by atoms with Crippen LogP contribution in [0.25, 0.3) is 0 Å². The van der Waals surface area contributed by atoms with E-state index in [0.29, 0.717) is 0 Å². The van der Waals surface area contributed by atoms with Gasteiger partial charge in [-0.3, -0.25) is 0 Å². The van der Waals surface area contributed by atoms with E-state index in [0.717, 1.165) is 22.6 Å². The zero-order valence-electron chi connectivity index (χ0n) is 12.0. The number of unbranched alkanes of at least 4 members (excludes halogenated alkanes) is 1. The minimum absolute atomic E-state index is 0.145. The Bertz CT molecular complexity index is 558. The first-order chi connectivity index (χ1) is 9.61. The summed E-state index contributed by atoms with van der Waals surface area (Å²) in [5.41, 5.74) is 4.75. The molecule has 1 unspecified atom stereocenters. The van der Waals surface area contributed by atoms with Gasteiger partial charge >= 0.3 is 0 Å². The fourth-order valence-corrected chi connectivity index (χ4v) is 2.86. The van der Waals surface area contributed by atoms with Crippen LogP contribution in [0.4, 0.5) is 0 Å². The molecule has 0 aliphatic heterocycles. The molecule has 2 aromatic carbocycles. The van der Waals surface area contributed by atoms with E-state index in [-0.39, 0.29) is 5.38 Å². The van der Waals surface area contributed by atoms with Crippen LogP contribution in [0.15, 0.2) is 42.5 Å². The van der Waals surface area contributed by atoms with Crippen LogP contribution in [-0.4, -0.2) is 0 Å². The Labute approximate surface area is 131 Å². The first-order valence-corrected chi connectivity index (χ1v) is 7.92. The Balaban J connectivity index is 2.20. The number of rotatable bonds is 5. The van der Waals surface area contributed by atoms with E-state index in [1.54, 1.807) is 0 Å². The summed E-state index contributed by atoms with van der Waals surface area (Å²) in [7, 11) is 0. The lowest BCUT2D eigenvalue weighted by Gasteiger charge is -2.14. The molecular weight excluding hydrogens is 287 g/mol. The normalized spacial score (nSPS) is 12.4. The summed E-state index contributed by atoms with van der Waals surface area (Å²) in [5, 5.41) is 0.588. The fourth-order valence-electron chi connectivity index (χ4n) is 2.30. The number of halogens is 2. The second kappa shape index (κ2) is 7.15. The smallest absolute Gasteiger partial charge is 0.0838 e. The van der Waals surface area contributed by atoms with Gasteiger partial charge in [0, 0.05) is 5.02 Å². The topological polar surface area (TPSA) is 0 Å². The number of hydrogen-bond acceptors (Lipinski definition) is 0. The molecule has 0 heterocycles. The van der Waals surface area contributed by atoms with Crippen molar-refractivity contribution in [1.29, 1.82) is 0 Å². The van der Waals surface area contributed by atoms with E-state index in [9.17, 15) is 0 Å². The van der Waals surface area contributed by atoms with E-state index < -0.39 is 0 Å². The zero-order chi connectivity index (χ0) is 14.5. The summed E-state index contributed by atoms with van der Waals surface area (Å²) in [6, 6.07) is 14.5. The second-order valence-corrected chi connectivity index (χ2v) is 6.08. The molecular formula is C18H20Cl2. The number of alkyl halides is 1. The minimum atomic E-state index is -0.145. The van der Waals surface area contributed by atoms with E-state index >= 15 is 0 Å². The molecule has 0 saturated heterocycles. The third-order valence-corrected chi connectivity index (χ3v) is 4.33. The van der Waals surface area contributed by atoms with Crippen molar-refractivity contribution in [3.8, 4) is 0 Å². The lowest BCUT2D eigenvalue weighted by molar-refractivity contribution is 0.794. The summed E-state index contributed by atoms with van der Waals surface area (Å²) < 4.78 is 0. The predicted octanol–water partition coefficient (Wildman–Crippen LogP) is 6.32. The highest BCUT2D eigenvalue weighted by molar-refractivity contribution is 6.31. The monoisotopic (exact) mass is 306 g/mol. The second-order valence-electron chi connectivity index (χ2n) is 5.21. The zero-order valence-corrected chi connectivity index (χ0v) is 13.5. The highest BCUT2D eigenvalue weighted by atomic mass is 35.5. The van der Waals surface area contributed by atoms with Crippen molar-refractivity contribution in [2.45, 2.75) is 38.5 Å². The van der Waals surface area contributed by atoms with Gasteiger partial charge < -0.3 is 0 Å². The van der Waals surface area contributed by atoms with Gasteiger partial charge in [-0.1, -0.05) is 55.3 Å². The molecule has 0 aliphatic carbocycles. The molecule has 0 nitrogen and oxygen atoms in total. The summed E-state index contributed by atoms with van der Waals surface area (Å²) in [6.45, 7) is 4.28. The van der Waals surface area contributed by atoms with Crippen molar-refractivity contribution in [3.05, 3.63) is 69.7 Å². The van der Waals surface area contributed by atoms with Crippen molar-refractivity contribution in [1.82, 2.24) is 0 Å². The molecule has 0 amide bonds.